The molecule has 0 saturated heterocycles. The molecule has 0 spiro atoms. The maximum atomic E-state index is 0. The van der Waals surface area contributed by atoms with Crippen LogP contribution >= 0.6 is 0 Å². The van der Waals surface area contributed by atoms with Crippen molar-refractivity contribution in [1.29, 1.82) is 0 Å². The van der Waals surface area contributed by atoms with Gasteiger partial charge in [-0.1, -0.05) is 0 Å². The van der Waals surface area contributed by atoms with Crippen LogP contribution in [-0.2, 0) is 141 Å². The Morgan fingerprint density at radius 1 is 0.188 bits per heavy atom. The normalized spacial score (nSPS) is 0. The molecule has 0 aromatic rings. The summed E-state index contributed by atoms with van der Waals surface area (Å²) >= 11 is 0. The van der Waals surface area contributed by atoms with E-state index in [0.717, 1.165) is 0 Å². The Hall–Kier alpha value is 4.28. The van der Waals surface area contributed by atoms with Crippen LogP contribution in [0.1, 0.15) is 0 Å². The molecule has 0 atom stereocenters. The Labute approximate surface area is 199 Å². The molecule has 0 amide bonds. The predicted octanol–water partition coefficient (Wildman–Crippen LogP) is 2.87. The summed E-state index contributed by atoms with van der Waals surface area (Å²) in [6.45, 7) is 0. The van der Waals surface area contributed by atoms with Gasteiger partial charge in [0.15, 0.2) is 0 Å². The van der Waals surface area contributed by atoms with Crippen LogP contribution in [0.5, 0.6) is 0 Å². The Balaban J connectivity index is 0. The minimum absolute atomic E-state index is 0. The van der Waals surface area contributed by atoms with Crippen LogP contribution in [0.15, 0.2) is 0 Å². The average Bonchev–Trinajstić information content (AvgIpc) is 0. The first-order valence-electron chi connectivity index (χ1n) is 0. The zero-order chi connectivity index (χ0) is 0. The molecule has 0 fully saturated rings. The summed E-state index contributed by atoms with van der Waals surface area (Å²) < 4.78 is 0. The zero-order valence-corrected chi connectivity index (χ0v) is 24.0. The SMILES string of the molecule is [Hf+4].[Hf+4].[Hf+4].[Mo+6].[Mo+6].[Mo+6].[N-3].[N-3].[N-3].[N-3].[N-3].[N-3].[N-3].[N-3].[N-3].[N-3]. The standard InChI is InChI=1S/3Hf.3Mo.10N/q3*+4;3*+6;10*-3. The van der Waals surface area contributed by atoms with Crippen molar-refractivity contribution in [3.8, 4) is 0 Å². The van der Waals surface area contributed by atoms with Gasteiger partial charge in [-0.25, -0.2) is 0 Å². The maximum absolute atomic E-state index is 0. The number of rotatable bonds is 0. The van der Waals surface area contributed by atoms with Crippen molar-refractivity contribution in [2.45, 2.75) is 0 Å². The van der Waals surface area contributed by atoms with Crippen molar-refractivity contribution in [3.05, 3.63) is 61.5 Å². The van der Waals surface area contributed by atoms with Gasteiger partial charge < -0.3 is 61.5 Å². The molecule has 0 heterocycles. The van der Waals surface area contributed by atoms with Gasteiger partial charge in [0.05, 0.1) is 0 Å². The summed E-state index contributed by atoms with van der Waals surface area (Å²) in [5, 5.41) is 0. The minimum atomic E-state index is 0. The summed E-state index contributed by atoms with van der Waals surface area (Å²) in [5.41, 5.74) is 0. The van der Waals surface area contributed by atoms with Crippen LogP contribution in [0.2, 0.25) is 0 Å². The fourth-order valence-electron chi connectivity index (χ4n) is 0. The molecule has 80 valence electrons. The number of hydrogen-bond donors (Lipinski definition) is 0. The first-order chi connectivity index (χ1) is 0. The molecule has 16 heavy (non-hydrogen) atoms. The molecule has 0 aliphatic carbocycles. The van der Waals surface area contributed by atoms with Crippen molar-refractivity contribution in [2.75, 3.05) is 0 Å². The average molecular weight is 963 g/mol. The Bertz CT molecular complexity index is 21.3. The maximum Gasteiger partial charge on any atom is 6.00 e. The van der Waals surface area contributed by atoms with E-state index in [-0.39, 0.29) is 202 Å². The van der Waals surface area contributed by atoms with Crippen molar-refractivity contribution >= 4 is 0 Å². The van der Waals surface area contributed by atoms with Crippen LogP contribution in [0.4, 0.5) is 0 Å². The molecule has 0 aromatic heterocycles. The van der Waals surface area contributed by atoms with E-state index < -0.39 is 0 Å². The van der Waals surface area contributed by atoms with Gasteiger partial charge in [0.1, 0.15) is 0 Å². The van der Waals surface area contributed by atoms with Crippen molar-refractivity contribution in [1.82, 2.24) is 0 Å². The van der Waals surface area contributed by atoms with Gasteiger partial charge in [0, 0.05) is 0 Å². The monoisotopic (exact) mass is 974 g/mol. The molecule has 0 unspecified atom stereocenters. The van der Waals surface area contributed by atoms with Crippen molar-refractivity contribution in [3.63, 3.8) is 0 Å². The first-order valence-corrected chi connectivity index (χ1v) is 0. The third-order valence-electron chi connectivity index (χ3n) is 0. The Morgan fingerprint density at radius 2 is 0.188 bits per heavy atom. The summed E-state index contributed by atoms with van der Waals surface area (Å²) in [5.74, 6) is 0. The van der Waals surface area contributed by atoms with E-state index in [1.807, 2.05) is 0 Å². The van der Waals surface area contributed by atoms with E-state index in [9.17, 15) is 0 Å². The molecule has 0 radical (unpaired) electrons. The van der Waals surface area contributed by atoms with E-state index in [4.69, 9.17) is 0 Å². The van der Waals surface area contributed by atoms with Gasteiger partial charge in [0.2, 0.25) is 0 Å². The van der Waals surface area contributed by atoms with Crippen LogP contribution in [0, 0.1) is 0 Å². The molecular weight excluding hydrogens is 963 g/mol. The fourth-order valence-corrected chi connectivity index (χ4v) is 0. The first kappa shape index (κ1) is 412. The molecule has 0 bridgehead atoms. The second kappa shape index (κ2) is 352. The van der Waals surface area contributed by atoms with Crippen LogP contribution in [-0.4, -0.2) is 0 Å². The molecule has 0 aromatic carbocycles. The van der Waals surface area contributed by atoms with Gasteiger partial charge in [-0.05, 0) is 0 Å². The quantitative estimate of drug-likeness (QED) is 0.317. The third kappa shape index (κ3) is 298. The van der Waals surface area contributed by atoms with E-state index in [1.165, 1.54) is 0 Å². The summed E-state index contributed by atoms with van der Waals surface area (Å²) in [7, 11) is 0. The van der Waals surface area contributed by atoms with E-state index in [0.29, 0.717) is 0 Å². The smallest absolute Gasteiger partial charge is 3.00 e. The molecule has 16 heteroatoms. The largest absolute Gasteiger partial charge is 6.00 e. The predicted molar refractivity (Wildman–Crippen MR) is 33.6 cm³/mol. The molecule has 0 aliphatic heterocycles. The second-order valence-electron chi connectivity index (χ2n) is 0. The van der Waals surface area contributed by atoms with E-state index >= 15 is 0 Å². The number of hydrogen-bond acceptors (Lipinski definition) is 0. The van der Waals surface area contributed by atoms with Gasteiger partial charge in [-0.2, -0.15) is 0 Å². The molecule has 0 aliphatic rings. The molecule has 0 N–H and O–H groups in total. The topological polar surface area (TPSA) is 305 Å². The Kier molecular flexibility index (Phi) is 9070. The van der Waals surface area contributed by atoms with E-state index in [1.54, 1.807) is 0 Å². The van der Waals surface area contributed by atoms with E-state index in [2.05, 4.69) is 0 Å². The van der Waals surface area contributed by atoms with Gasteiger partial charge >= 0.3 is 141 Å². The second-order valence-corrected chi connectivity index (χ2v) is 0. The van der Waals surface area contributed by atoms with Gasteiger partial charge in [-0.3, -0.25) is 0 Å². The molecular formula is Hf3Mo3N10. The zero-order valence-electron chi connectivity index (χ0n) is 7.20. The minimum Gasteiger partial charge on any atom is -3.00 e. The van der Waals surface area contributed by atoms with Gasteiger partial charge in [0.25, 0.3) is 0 Å². The summed E-state index contributed by atoms with van der Waals surface area (Å²) in [4.78, 5) is 0. The summed E-state index contributed by atoms with van der Waals surface area (Å²) in [6.07, 6.45) is 0. The van der Waals surface area contributed by atoms with Crippen molar-refractivity contribution < 1.29 is 141 Å². The third-order valence-corrected chi connectivity index (χ3v) is 0. The Morgan fingerprint density at radius 3 is 0.188 bits per heavy atom. The van der Waals surface area contributed by atoms with Crippen LogP contribution in [0.25, 0.3) is 61.5 Å². The number of nitrogens with zero attached hydrogens (tertiary/aromatic N) is 10. The van der Waals surface area contributed by atoms with Crippen LogP contribution in [0.3, 0.4) is 0 Å². The molecule has 10 nitrogen and oxygen atoms in total. The van der Waals surface area contributed by atoms with Crippen molar-refractivity contribution in [2.24, 2.45) is 0 Å². The molecule has 0 saturated carbocycles. The fraction of sp³-hybridized carbons (Fsp3) is 0. The van der Waals surface area contributed by atoms with Crippen LogP contribution < -0.4 is 0 Å². The summed E-state index contributed by atoms with van der Waals surface area (Å²) in [6, 6.07) is 0. The molecule has 0 rings (SSSR count). The van der Waals surface area contributed by atoms with Gasteiger partial charge in [-0.15, -0.1) is 0 Å².